The van der Waals surface area contributed by atoms with E-state index < -0.39 is 5.60 Å². The molecule has 1 N–H and O–H groups in total. The fourth-order valence-corrected chi connectivity index (χ4v) is 4.15. The van der Waals surface area contributed by atoms with Gasteiger partial charge in [0.05, 0.1) is 0 Å². The average Bonchev–Trinajstić information content (AvgIpc) is 3.07. The minimum atomic E-state index is -0.425. The second-order valence-electron chi connectivity index (χ2n) is 6.96. The second-order valence-corrected chi connectivity index (χ2v) is 7.88. The fraction of sp³-hybridized carbons (Fsp3) is 0.688. The Balaban J connectivity index is 1.63. The van der Waals surface area contributed by atoms with E-state index in [2.05, 4.69) is 10.7 Å². The van der Waals surface area contributed by atoms with Gasteiger partial charge in [0.25, 0.3) is 0 Å². The lowest BCUT2D eigenvalue weighted by molar-refractivity contribution is 0.0500. The van der Waals surface area contributed by atoms with Gasteiger partial charge in [0.1, 0.15) is 5.60 Å². The number of amides is 1. The van der Waals surface area contributed by atoms with Crippen LogP contribution in [0, 0.1) is 0 Å². The number of hydrogen-bond acceptors (Lipinski definition) is 3. The van der Waals surface area contributed by atoms with E-state index in [1.807, 2.05) is 32.1 Å². The molecule has 110 valence electrons. The van der Waals surface area contributed by atoms with Crippen molar-refractivity contribution in [2.45, 2.75) is 70.4 Å². The largest absolute Gasteiger partial charge is 0.444 e. The summed E-state index contributed by atoms with van der Waals surface area (Å²) in [6.45, 7) is 5.70. The molecule has 0 aromatic carbocycles. The van der Waals surface area contributed by atoms with Crippen LogP contribution in [0.4, 0.5) is 4.79 Å². The smallest absolute Gasteiger partial charge is 0.407 e. The first-order valence-electron chi connectivity index (χ1n) is 7.51. The Morgan fingerprint density at radius 3 is 2.75 bits per heavy atom. The van der Waals surface area contributed by atoms with E-state index in [1.54, 1.807) is 4.88 Å². The molecule has 0 bridgehead atoms. The van der Waals surface area contributed by atoms with Crippen LogP contribution in [0.5, 0.6) is 0 Å². The van der Waals surface area contributed by atoms with Gasteiger partial charge < -0.3 is 10.1 Å². The first-order chi connectivity index (χ1) is 9.42. The lowest BCUT2D eigenvalue weighted by Gasteiger charge is -2.26. The van der Waals surface area contributed by atoms with Crippen molar-refractivity contribution in [2.24, 2.45) is 0 Å². The van der Waals surface area contributed by atoms with Crippen molar-refractivity contribution >= 4 is 17.4 Å². The number of rotatable bonds is 2. The molecule has 4 heteroatoms. The van der Waals surface area contributed by atoms with Gasteiger partial charge in [0.2, 0.25) is 0 Å². The Bertz CT molecular complexity index is 511. The molecule has 2 aliphatic rings. The molecule has 20 heavy (non-hydrogen) atoms. The molecule has 1 fully saturated rings. The molecule has 1 unspecified atom stereocenters. The minimum Gasteiger partial charge on any atom is -0.444 e. The molecular weight excluding hydrogens is 270 g/mol. The quantitative estimate of drug-likeness (QED) is 0.894. The third-order valence-corrected chi connectivity index (χ3v) is 5.13. The zero-order chi connectivity index (χ0) is 14.3. The van der Waals surface area contributed by atoms with Crippen molar-refractivity contribution in [1.29, 1.82) is 0 Å². The van der Waals surface area contributed by atoms with Crippen molar-refractivity contribution in [3.8, 4) is 0 Å². The van der Waals surface area contributed by atoms with Crippen LogP contribution in [-0.2, 0) is 17.6 Å². The van der Waals surface area contributed by atoms with Crippen LogP contribution in [-0.4, -0.2) is 17.7 Å². The van der Waals surface area contributed by atoms with Crippen LogP contribution in [0.15, 0.2) is 5.38 Å². The van der Waals surface area contributed by atoms with E-state index in [-0.39, 0.29) is 12.1 Å². The summed E-state index contributed by atoms with van der Waals surface area (Å²) < 4.78 is 5.35. The first kappa shape index (κ1) is 13.9. The molecule has 1 atom stereocenters. The summed E-state index contributed by atoms with van der Waals surface area (Å²) in [5, 5.41) is 5.36. The third-order valence-electron chi connectivity index (χ3n) is 3.89. The van der Waals surface area contributed by atoms with Crippen molar-refractivity contribution in [2.75, 3.05) is 0 Å². The molecular formula is C16H23NO2S. The van der Waals surface area contributed by atoms with Gasteiger partial charge in [-0.05, 0) is 75.3 Å². The van der Waals surface area contributed by atoms with E-state index >= 15 is 0 Å². The van der Waals surface area contributed by atoms with Gasteiger partial charge in [0.15, 0.2) is 0 Å². The first-order valence-corrected chi connectivity index (χ1v) is 8.39. The van der Waals surface area contributed by atoms with Crippen LogP contribution < -0.4 is 5.32 Å². The number of alkyl carbamates (subject to hydrolysis) is 1. The Labute approximate surface area is 124 Å². The molecule has 1 saturated carbocycles. The van der Waals surface area contributed by atoms with Gasteiger partial charge in [-0.1, -0.05) is 0 Å². The summed E-state index contributed by atoms with van der Waals surface area (Å²) in [7, 11) is 0. The van der Waals surface area contributed by atoms with Gasteiger partial charge in [0, 0.05) is 10.9 Å². The summed E-state index contributed by atoms with van der Waals surface area (Å²) >= 11 is 1.92. The number of carbonyl (C=O) groups is 1. The molecule has 0 spiro atoms. The van der Waals surface area contributed by atoms with Crippen molar-refractivity contribution < 1.29 is 9.53 Å². The number of nitrogens with one attached hydrogen (secondary N) is 1. The predicted octanol–water partition coefficient (Wildman–Crippen LogP) is 4.01. The zero-order valence-corrected chi connectivity index (χ0v) is 13.3. The maximum atomic E-state index is 11.9. The summed E-state index contributed by atoms with van der Waals surface area (Å²) in [6, 6.07) is 0.226. The second kappa shape index (κ2) is 5.06. The highest BCUT2D eigenvalue weighted by Crippen LogP contribution is 2.46. The lowest BCUT2D eigenvalue weighted by atomic mass is 9.89. The van der Waals surface area contributed by atoms with Crippen molar-refractivity contribution in [1.82, 2.24) is 5.32 Å². The lowest BCUT2D eigenvalue weighted by Crippen LogP contribution is -2.41. The topological polar surface area (TPSA) is 38.3 Å². The van der Waals surface area contributed by atoms with Crippen LogP contribution in [0.3, 0.4) is 0 Å². The van der Waals surface area contributed by atoms with E-state index in [0.29, 0.717) is 0 Å². The monoisotopic (exact) mass is 293 g/mol. The highest BCUT2D eigenvalue weighted by Gasteiger charge is 2.32. The summed E-state index contributed by atoms with van der Waals surface area (Å²) in [5.41, 5.74) is 2.61. The highest BCUT2D eigenvalue weighted by atomic mass is 32.1. The maximum Gasteiger partial charge on any atom is 0.407 e. The van der Waals surface area contributed by atoms with Crippen molar-refractivity contribution in [3.63, 3.8) is 0 Å². The Morgan fingerprint density at radius 2 is 2.10 bits per heavy atom. The van der Waals surface area contributed by atoms with E-state index in [0.717, 1.165) is 25.2 Å². The van der Waals surface area contributed by atoms with E-state index in [9.17, 15) is 4.79 Å². The zero-order valence-electron chi connectivity index (χ0n) is 12.5. The number of thiophene rings is 1. The van der Waals surface area contributed by atoms with E-state index in [4.69, 9.17) is 4.74 Å². The SMILES string of the molecule is CC(C)(C)OC(=O)NC1CCc2csc(C3CC3)c2C1. The number of aryl methyl sites for hydroxylation is 1. The molecule has 1 aromatic heterocycles. The maximum absolute atomic E-state index is 11.9. The molecule has 3 rings (SSSR count). The number of carbonyl (C=O) groups excluding carboxylic acids is 1. The normalized spacial score (nSPS) is 22.2. The molecule has 0 saturated heterocycles. The van der Waals surface area contributed by atoms with Gasteiger partial charge >= 0.3 is 6.09 Å². The molecule has 2 aliphatic carbocycles. The molecule has 1 heterocycles. The Hall–Kier alpha value is -1.03. The molecule has 1 aromatic rings. The molecule has 1 amide bonds. The molecule has 0 aliphatic heterocycles. The van der Waals surface area contributed by atoms with Crippen LogP contribution in [0.2, 0.25) is 0 Å². The Kier molecular flexibility index (Phi) is 3.53. The van der Waals surface area contributed by atoms with Crippen LogP contribution in [0.25, 0.3) is 0 Å². The number of ether oxygens (including phenoxy) is 1. The van der Waals surface area contributed by atoms with Gasteiger partial charge in [-0.15, -0.1) is 11.3 Å². The average molecular weight is 293 g/mol. The molecule has 0 radical (unpaired) electrons. The Morgan fingerprint density at radius 1 is 1.35 bits per heavy atom. The highest BCUT2D eigenvalue weighted by molar-refractivity contribution is 7.10. The summed E-state index contributed by atoms with van der Waals surface area (Å²) in [6.07, 6.45) is 5.48. The molecule has 3 nitrogen and oxygen atoms in total. The van der Waals surface area contributed by atoms with Gasteiger partial charge in [-0.2, -0.15) is 0 Å². The van der Waals surface area contributed by atoms with Crippen LogP contribution >= 0.6 is 11.3 Å². The third kappa shape index (κ3) is 3.17. The fourth-order valence-electron chi connectivity index (χ4n) is 2.84. The summed E-state index contributed by atoms with van der Waals surface area (Å²) in [5.74, 6) is 0.809. The summed E-state index contributed by atoms with van der Waals surface area (Å²) in [4.78, 5) is 13.5. The van der Waals surface area contributed by atoms with Gasteiger partial charge in [-0.3, -0.25) is 0 Å². The van der Waals surface area contributed by atoms with E-state index in [1.165, 1.54) is 24.0 Å². The number of fused-ring (bicyclic) bond motifs is 1. The standard InChI is InChI=1S/C16H23NO2S/c1-16(2,3)19-15(18)17-12-7-6-11-9-20-14(10-4-5-10)13(11)8-12/h9-10,12H,4-8H2,1-3H3,(H,17,18). The predicted molar refractivity (Wildman–Crippen MR) is 81.5 cm³/mol. The number of hydrogen-bond donors (Lipinski definition) is 1. The van der Waals surface area contributed by atoms with Gasteiger partial charge in [-0.25, -0.2) is 4.79 Å². The van der Waals surface area contributed by atoms with Crippen molar-refractivity contribution in [3.05, 3.63) is 21.4 Å². The minimum absolute atomic E-state index is 0.226. The van der Waals surface area contributed by atoms with Crippen LogP contribution in [0.1, 0.15) is 62.0 Å².